The van der Waals surface area contributed by atoms with Gasteiger partial charge in [-0.05, 0) is 12.1 Å². The predicted molar refractivity (Wildman–Crippen MR) is 45.2 cm³/mol. The molecule has 2 rings (SSSR count). The maximum atomic E-state index is 11.4. The molecule has 1 aromatic heterocycles. The lowest BCUT2D eigenvalue weighted by Gasteiger charge is -1.91. The van der Waals surface area contributed by atoms with Gasteiger partial charge in [-0.2, -0.15) is 0 Å². The minimum atomic E-state index is -0.372. The standard InChI is InChI=1S/C8H6N2O3/c11-5-13-10-8(12)6-3-1-2-4-7(6)9-10/h1-5,9H. The smallest absolute Gasteiger partial charge is 0.321 e. The van der Waals surface area contributed by atoms with E-state index in [1.54, 1.807) is 24.3 Å². The van der Waals surface area contributed by atoms with Crippen LogP contribution >= 0.6 is 0 Å². The first-order valence-electron chi connectivity index (χ1n) is 3.63. The van der Waals surface area contributed by atoms with Crippen molar-refractivity contribution >= 4 is 17.4 Å². The van der Waals surface area contributed by atoms with Crippen LogP contribution in [-0.2, 0) is 4.79 Å². The van der Waals surface area contributed by atoms with Gasteiger partial charge in [-0.25, -0.2) is 0 Å². The number of nitrogens with one attached hydrogen (secondary N) is 1. The normalized spacial score (nSPS) is 10.2. The van der Waals surface area contributed by atoms with Crippen LogP contribution in [0.2, 0.25) is 0 Å². The van der Waals surface area contributed by atoms with Crippen LogP contribution in [0.3, 0.4) is 0 Å². The van der Waals surface area contributed by atoms with Crippen LogP contribution in [0.15, 0.2) is 29.1 Å². The molecule has 0 unspecified atom stereocenters. The maximum Gasteiger partial charge on any atom is 0.323 e. The lowest BCUT2D eigenvalue weighted by molar-refractivity contribution is -0.130. The summed E-state index contributed by atoms with van der Waals surface area (Å²) in [6, 6.07) is 6.90. The Morgan fingerprint density at radius 3 is 2.85 bits per heavy atom. The zero-order chi connectivity index (χ0) is 9.26. The van der Waals surface area contributed by atoms with Crippen molar-refractivity contribution in [2.24, 2.45) is 0 Å². The molecular formula is C8H6N2O3. The molecule has 1 N–H and O–H groups in total. The second-order valence-electron chi connectivity index (χ2n) is 2.46. The van der Waals surface area contributed by atoms with Crippen molar-refractivity contribution in [3.8, 4) is 0 Å². The molecule has 2 aromatic rings. The highest BCUT2D eigenvalue weighted by molar-refractivity contribution is 5.77. The maximum absolute atomic E-state index is 11.4. The molecule has 5 nitrogen and oxygen atoms in total. The van der Waals surface area contributed by atoms with Crippen LogP contribution in [0.1, 0.15) is 0 Å². The first kappa shape index (κ1) is 7.60. The molecule has 0 saturated heterocycles. The number of carbonyl (C=O) groups is 1. The highest BCUT2D eigenvalue weighted by Gasteiger charge is 2.04. The van der Waals surface area contributed by atoms with Crippen molar-refractivity contribution in [2.45, 2.75) is 0 Å². The summed E-state index contributed by atoms with van der Waals surface area (Å²) < 4.78 is 0. The summed E-state index contributed by atoms with van der Waals surface area (Å²) in [5.41, 5.74) is 0.261. The summed E-state index contributed by atoms with van der Waals surface area (Å²) in [4.78, 5) is 26.5. The Kier molecular flexibility index (Phi) is 1.63. The molecule has 0 bridgehead atoms. The number of hydrogen-bond acceptors (Lipinski definition) is 3. The number of aromatic amines is 1. The quantitative estimate of drug-likeness (QED) is 0.654. The minimum absolute atomic E-state index is 0.191. The van der Waals surface area contributed by atoms with Gasteiger partial charge >= 0.3 is 12.0 Å². The Balaban J connectivity index is 2.74. The third-order valence-electron chi connectivity index (χ3n) is 1.71. The van der Waals surface area contributed by atoms with Gasteiger partial charge in [0.25, 0.3) is 0 Å². The van der Waals surface area contributed by atoms with E-state index in [2.05, 4.69) is 9.94 Å². The SMILES string of the molecule is O=COn1[nH]c2ccccc2c1=O. The summed E-state index contributed by atoms with van der Waals surface area (Å²) in [5.74, 6) is 0. The molecule has 66 valence electrons. The number of hydrogen-bond donors (Lipinski definition) is 1. The number of rotatable bonds is 2. The van der Waals surface area contributed by atoms with Crippen molar-refractivity contribution in [1.82, 2.24) is 9.94 Å². The van der Waals surface area contributed by atoms with Gasteiger partial charge in [0.15, 0.2) is 0 Å². The van der Waals surface area contributed by atoms with Crippen molar-refractivity contribution in [1.29, 1.82) is 0 Å². The van der Waals surface area contributed by atoms with Crippen molar-refractivity contribution in [2.75, 3.05) is 0 Å². The molecule has 1 aromatic carbocycles. The lowest BCUT2D eigenvalue weighted by Crippen LogP contribution is -2.23. The summed E-state index contributed by atoms with van der Waals surface area (Å²) in [6.07, 6.45) is 0. The fraction of sp³-hybridized carbons (Fsp3) is 0. The van der Waals surface area contributed by atoms with E-state index in [1.165, 1.54) is 0 Å². The van der Waals surface area contributed by atoms with Crippen molar-refractivity contribution < 1.29 is 9.63 Å². The Hall–Kier alpha value is -2.04. The largest absolute Gasteiger partial charge is 0.323 e. The molecule has 0 amide bonds. The van der Waals surface area contributed by atoms with Gasteiger partial charge in [0.2, 0.25) is 0 Å². The van der Waals surface area contributed by atoms with Crippen LogP contribution in [-0.4, -0.2) is 16.4 Å². The topological polar surface area (TPSA) is 64.1 Å². The Morgan fingerprint density at radius 1 is 1.38 bits per heavy atom. The molecule has 1 heterocycles. The summed E-state index contributed by atoms with van der Waals surface area (Å²) in [6.45, 7) is 0.191. The Labute approximate surface area is 72.5 Å². The van der Waals surface area contributed by atoms with Gasteiger partial charge < -0.3 is 4.84 Å². The molecule has 5 heteroatoms. The highest BCUT2D eigenvalue weighted by Crippen LogP contribution is 2.04. The number of nitrogens with zero attached hydrogens (tertiary/aromatic N) is 1. The summed E-state index contributed by atoms with van der Waals surface area (Å²) in [5, 5.41) is 3.11. The van der Waals surface area contributed by atoms with Crippen LogP contribution in [0.5, 0.6) is 0 Å². The second kappa shape index (κ2) is 2.78. The van der Waals surface area contributed by atoms with E-state index < -0.39 is 0 Å². The molecule has 0 fully saturated rings. The Morgan fingerprint density at radius 2 is 2.15 bits per heavy atom. The van der Waals surface area contributed by atoms with E-state index in [1.807, 2.05) is 0 Å². The van der Waals surface area contributed by atoms with Crippen molar-refractivity contribution in [3.63, 3.8) is 0 Å². The number of carbonyl (C=O) groups excluding carboxylic acids is 1. The van der Waals surface area contributed by atoms with Crippen LogP contribution < -0.4 is 10.4 Å². The molecule has 0 spiro atoms. The molecule has 0 saturated carbocycles. The molecule has 0 aliphatic heterocycles. The molecular weight excluding hydrogens is 172 g/mol. The van der Waals surface area contributed by atoms with E-state index >= 15 is 0 Å². The lowest BCUT2D eigenvalue weighted by atomic mass is 10.3. The fourth-order valence-corrected chi connectivity index (χ4v) is 1.15. The number of para-hydroxylation sites is 1. The third kappa shape index (κ3) is 1.10. The van der Waals surface area contributed by atoms with Gasteiger partial charge in [0.1, 0.15) is 0 Å². The van der Waals surface area contributed by atoms with Crippen LogP contribution in [0.25, 0.3) is 10.9 Å². The zero-order valence-corrected chi connectivity index (χ0v) is 6.56. The summed E-state index contributed by atoms with van der Waals surface area (Å²) >= 11 is 0. The van der Waals surface area contributed by atoms with Gasteiger partial charge in [-0.15, -0.1) is 0 Å². The van der Waals surface area contributed by atoms with E-state index in [0.29, 0.717) is 10.9 Å². The van der Waals surface area contributed by atoms with Crippen LogP contribution in [0, 0.1) is 0 Å². The molecule has 0 atom stereocenters. The monoisotopic (exact) mass is 178 g/mol. The fourth-order valence-electron chi connectivity index (χ4n) is 1.15. The first-order chi connectivity index (χ1) is 6.33. The average molecular weight is 178 g/mol. The predicted octanol–water partition coefficient (Wildman–Crippen LogP) is -0.0854. The van der Waals surface area contributed by atoms with E-state index in [4.69, 9.17) is 0 Å². The first-order valence-corrected chi connectivity index (χ1v) is 3.63. The van der Waals surface area contributed by atoms with Crippen molar-refractivity contribution in [3.05, 3.63) is 34.6 Å². The third-order valence-corrected chi connectivity index (χ3v) is 1.71. The van der Waals surface area contributed by atoms with E-state index in [0.717, 1.165) is 4.85 Å². The van der Waals surface area contributed by atoms with Gasteiger partial charge in [-0.3, -0.25) is 14.7 Å². The number of benzene rings is 1. The average Bonchev–Trinajstić information content (AvgIpc) is 2.46. The number of fused-ring (bicyclic) bond motifs is 1. The van der Waals surface area contributed by atoms with Crippen LogP contribution in [0.4, 0.5) is 0 Å². The van der Waals surface area contributed by atoms with E-state index in [-0.39, 0.29) is 12.0 Å². The number of aromatic nitrogens is 2. The van der Waals surface area contributed by atoms with Gasteiger partial charge in [0, 0.05) is 0 Å². The second-order valence-corrected chi connectivity index (χ2v) is 2.46. The Bertz CT molecular complexity index is 497. The summed E-state index contributed by atoms with van der Waals surface area (Å²) in [7, 11) is 0. The van der Waals surface area contributed by atoms with Gasteiger partial charge in [0.05, 0.1) is 10.9 Å². The molecule has 0 radical (unpaired) electrons. The molecule has 0 aliphatic rings. The minimum Gasteiger partial charge on any atom is -0.321 e. The van der Waals surface area contributed by atoms with Gasteiger partial charge in [-0.1, -0.05) is 17.0 Å². The highest BCUT2D eigenvalue weighted by atomic mass is 16.7. The molecule has 0 aliphatic carbocycles. The molecule has 13 heavy (non-hydrogen) atoms. The van der Waals surface area contributed by atoms with E-state index in [9.17, 15) is 9.59 Å². The number of H-pyrrole nitrogens is 1. The zero-order valence-electron chi connectivity index (χ0n) is 6.56.